The second-order valence-corrected chi connectivity index (χ2v) is 6.69. The molecule has 0 saturated carbocycles. The summed E-state index contributed by atoms with van der Waals surface area (Å²) >= 11 is 1.59. The first-order valence-electron chi connectivity index (χ1n) is 7.72. The molecule has 0 aliphatic rings. The van der Waals surface area contributed by atoms with Crippen LogP contribution in [0.2, 0.25) is 0 Å². The van der Waals surface area contributed by atoms with E-state index in [1.807, 2.05) is 37.4 Å². The Balaban J connectivity index is 1.67. The van der Waals surface area contributed by atoms with Crippen molar-refractivity contribution in [3.63, 3.8) is 0 Å². The molecule has 1 amide bonds. The molecule has 0 unspecified atom stereocenters. The second kappa shape index (κ2) is 6.97. The van der Waals surface area contributed by atoms with Crippen LogP contribution in [0.5, 0.6) is 0 Å². The van der Waals surface area contributed by atoms with Crippen LogP contribution < -0.4 is 10.9 Å². The summed E-state index contributed by atoms with van der Waals surface area (Å²) < 4.78 is 5.21. The zero-order chi connectivity index (χ0) is 17.1. The van der Waals surface area contributed by atoms with E-state index in [0.717, 1.165) is 21.7 Å². The zero-order valence-electron chi connectivity index (χ0n) is 13.6. The van der Waals surface area contributed by atoms with E-state index in [9.17, 15) is 9.59 Å². The number of amides is 1. The Morgan fingerprint density at radius 2 is 2.12 bits per heavy atom. The molecule has 0 aliphatic carbocycles. The van der Waals surface area contributed by atoms with Crippen molar-refractivity contribution in [3.05, 3.63) is 61.9 Å². The van der Waals surface area contributed by atoms with Gasteiger partial charge in [0.25, 0.3) is 0 Å². The predicted molar refractivity (Wildman–Crippen MR) is 94.5 cm³/mol. The minimum atomic E-state index is -0.436. The van der Waals surface area contributed by atoms with Crippen LogP contribution in [0.15, 0.2) is 38.9 Å². The van der Waals surface area contributed by atoms with Gasteiger partial charge in [0, 0.05) is 35.5 Å². The molecule has 6 heteroatoms. The summed E-state index contributed by atoms with van der Waals surface area (Å²) in [7, 11) is 0. The van der Waals surface area contributed by atoms with E-state index in [2.05, 4.69) is 10.3 Å². The molecule has 0 radical (unpaired) electrons. The average molecular weight is 342 g/mol. The summed E-state index contributed by atoms with van der Waals surface area (Å²) in [5.74, 6) is -0.115. The number of fused-ring (bicyclic) bond motifs is 1. The zero-order valence-corrected chi connectivity index (χ0v) is 14.4. The van der Waals surface area contributed by atoms with E-state index in [4.69, 9.17) is 4.42 Å². The highest BCUT2D eigenvalue weighted by molar-refractivity contribution is 7.09. The fraction of sp³-hybridized carbons (Fsp3) is 0.278. The number of carbonyl (C=O) groups is 1. The molecule has 0 spiro atoms. The fourth-order valence-corrected chi connectivity index (χ4v) is 3.32. The van der Waals surface area contributed by atoms with Crippen molar-refractivity contribution in [1.82, 2.24) is 10.3 Å². The lowest BCUT2D eigenvalue weighted by molar-refractivity contribution is -0.120. The second-order valence-electron chi connectivity index (χ2n) is 5.75. The van der Waals surface area contributed by atoms with Crippen LogP contribution >= 0.6 is 11.3 Å². The van der Waals surface area contributed by atoms with Gasteiger partial charge in [-0.3, -0.25) is 4.79 Å². The van der Waals surface area contributed by atoms with Crippen LogP contribution in [0.4, 0.5) is 0 Å². The summed E-state index contributed by atoms with van der Waals surface area (Å²) in [6, 6.07) is 7.02. The van der Waals surface area contributed by atoms with Crippen molar-refractivity contribution in [1.29, 1.82) is 0 Å². The molecule has 124 valence electrons. The molecule has 0 fully saturated rings. The Labute approximate surface area is 143 Å². The quantitative estimate of drug-likeness (QED) is 0.724. The maximum absolute atomic E-state index is 12.2. The van der Waals surface area contributed by atoms with Gasteiger partial charge in [-0.1, -0.05) is 12.1 Å². The monoisotopic (exact) mass is 342 g/mol. The number of aryl methyl sites for hydroxylation is 2. The number of rotatable bonds is 5. The molecule has 0 saturated heterocycles. The van der Waals surface area contributed by atoms with Crippen molar-refractivity contribution in [2.45, 2.75) is 26.7 Å². The molecular weight excluding hydrogens is 324 g/mol. The third kappa shape index (κ3) is 3.89. The Morgan fingerprint density at radius 3 is 2.88 bits per heavy atom. The van der Waals surface area contributed by atoms with Crippen LogP contribution in [0.25, 0.3) is 11.0 Å². The van der Waals surface area contributed by atoms with Crippen molar-refractivity contribution >= 4 is 28.2 Å². The predicted octanol–water partition coefficient (Wildman–Crippen LogP) is 2.77. The van der Waals surface area contributed by atoms with Gasteiger partial charge in [-0.2, -0.15) is 0 Å². The number of thiazole rings is 1. The van der Waals surface area contributed by atoms with Gasteiger partial charge in [-0.15, -0.1) is 11.3 Å². The highest BCUT2D eigenvalue weighted by Crippen LogP contribution is 2.19. The molecule has 24 heavy (non-hydrogen) atoms. The van der Waals surface area contributed by atoms with Gasteiger partial charge in [-0.25, -0.2) is 9.78 Å². The first kappa shape index (κ1) is 16.4. The van der Waals surface area contributed by atoms with Gasteiger partial charge in [0.05, 0.1) is 11.4 Å². The van der Waals surface area contributed by atoms with Gasteiger partial charge in [0.1, 0.15) is 5.58 Å². The molecule has 1 aromatic carbocycles. The summed E-state index contributed by atoms with van der Waals surface area (Å²) in [4.78, 5) is 28.2. The van der Waals surface area contributed by atoms with Crippen LogP contribution in [0.3, 0.4) is 0 Å². The Kier molecular flexibility index (Phi) is 4.76. The molecule has 0 atom stereocenters. The van der Waals surface area contributed by atoms with Gasteiger partial charge >= 0.3 is 5.63 Å². The van der Waals surface area contributed by atoms with Gasteiger partial charge in [0.15, 0.2) is 0 Å². The first-order valence-corrected chi connectivity index (χ1v) is 8.60. The number of nitrogens with zero attached hydrogens (tertiary/aromatic N) is 1. The molecule has 5 nitrogen and oxygen atoms in total. The standard InChI is InChI=1S/C18H18N2O3S/c1-11-3-4-14-13(9-18(22)23-15(14)7-11)8-16(21)19-6-5-17-20-12(2)10-24-17/h3-4,7,9-10H,5-6,8H2,1-2H3,(H,19,21). The van der Waals surface area contributed by atoms with Crippen LogP contribution in [-0.2, 0) is 17.6 Å². The lowest BCUT2D eigenvalue weighted by Gasteiger charge is -2.07. The van der Waals surface area contributed by atoms with Crippen molar-refractivity contribution in [2.24, 2.45) is 0 Å². The summed E-state index contributed by atoms with van der Waals surface area (Å²) in [6.07, 6.45) is 0.864. The molecule has 0 aliphatic heterocycles. The highest BCUT2D eigenvalue weighted by Gasteiger charge is 2.10. The number of hydrogen-bond donors (Lipinski definition) is 1. The molecule has 1 N–H and O–H groups in total. The van der Waals surface area contributed by atoms with Crippen LogP contribution in [-0.4, -0.2) is 17.4 Å². The summed E-state index contributed by atoms with van der Waals surface area (Å²) in [5.41, 5.74) is 2.77. The number of hydrogen-bond acceptors (Lipinski definition) is 5. The SMILES string of the molecule is Cc1ccc2c(CC(=O)NCCc3nc(C)cs3)cc(=O)oc2c1. The molecule has 2 heterocycles. The fourth-order valence-electron chi connectivity index (χ4n) is 2.55. The Morgan fingerprint density at radius 1 is 1.29 bits per heavy atom. The smallest absolute Gasteiger partial charge is 0.336 e. The molecule has 3 aromatic rings. The van der Waals surface area contributed by atoms with Crippen molar-refractivity contribution in [2.75, 3.05) is 6.54 Å². The highest BCUT2D eigenvalue weighted by atomic mass is 32.1. The molecule has 3 rings (SSSR count). The third-order valence-corrected chi connectivity index (χ3v) is 4.69. The van der Waals surface area contributed by atoms with E-state index < -0.39 is 5.63 Å². The maximum atomic E-state index is 12.2. The van der Waals surface area contributed by atoms with Crippen molar-refractivity contribution in [3.8, 4) is 0 Å². The lowest BCUT2D eigenvalue weighted by atomic mass is 10.1. The Bertz CT molecular complexity index is 943. The summed E-state index contributed by atoms with van der Waals surface area (Å²) in [5, 5.41) is 6.68. The lowest BCUT2D eigenvalue weighted by Crippen LogP contribution is -2.27. The van der Waals surface area contributed by atoms with Gasteiger partial charge in [0.2, 0.25) is 5.91 Å². The normalized spacial score (nSPS) is 10.9. The van der Waals surface area contributed by atoms with E-state index in [1.165, 1.54) is 6.07 Å². The Hall–Kier alpha value is -2.47. The van der Waals surface area contributed by atoms with E-state index in [1.54, 1.807) is 11.3 Å². The molecule has 0 bridgehead atoms. The minimum absolute atomic E-state index is 0.115. The van der Waals surface area contributed by atoms with E-state index >= 15 is 0 Å². The maximum Gasteiger partial charge on any atom is 0.336 e. The molecule has 2 aromatic heterocycles. The van der Waals surface area contributed by atoms with Crippen LogP contribution in [0.1, 0.15) is 21.8 Å². The number of carbonyl (C=O) groups excluding carboxylic acids is 1. The van der Waals surface area contributed by atoms with E-state index in [0.29, 0.717) is 24.1 Å². The number of benzene rings is 1. The number of aromatic nitrogens is 1. The first-order chi connectivity index (χ1) is 11.5. The average Bonchev–Trinajstić information content (AvgIpc) is 2.92. The van der Waals surface area contributed by atoms with Crippen LogP contribution in [0, 0.1) is 13.8 Å². The molecular formula is C18H18N2O3S. The van der Waals surface area contributed by atoms with Gasteiger partial charge < -0.3 is 9.73 Å². The van der Waals surface area contributed by atoms with E-state index in [-0.39, 0.29) is 12.3 Å². The summed E-state index contributed by atoms with van der Waals surface area (Å²) in [6.45, 7) is 4.41. The van der Waals surface area contributed by atoms with Gasteiger partial charge in [-0.05, 0) is 31.0 Å². The number of nitrogens with one attached hydrogen (secondary N) is 1. The minimum Gasteiger partial charge on any atom is -0.423 e. The largest absolute Gasteiger partial charge is 0.423 e. The third-order valence-electron chi connectivity index (χ3n) is 3.66. The van der Waals surface area contributed by atoms with Crippen molar-refractivity contribution < 1.29 is 9.21 Å². The topological polar surface area (TPSA) is 72.2 Å².